The topological polar surface area (TPSA) is 44.8 Å². The van der Waals surface area contributed by atoms with Gasteiger partial charge >= 0.3 is 6.16 Å². The first-order chi connectivity index (χ1) is 10.7. The van der Waals surface area contributed by atoms with Crippen LogP contribution in [0.4, 0.5) is 4.79 Å². The molecule has 22 heavy (non-hydrogen) atoms. The molecule has 0 spiro atoms. The minimum Gasteiger partial charge on any atom is -0.494 e. The second-order valence-corrected chi connectivity index (χ2v) is 5.81. The highest BCUT2D eigenvalue weighted by molar-refractivity contribution is 5.64. The summed E-state index contributed by atoms with van der Waals surface area (Å²) in [5.74, 6) is 2.04. The molecule has 1 aromatic rings. The molecule has 2 rings (SSSR count). The van der Waals surface area contributed by atoms with Gasteiger partial charge in [0.25, 0.3) is 0 Å². The van der Waals surface area contributed by atoms with Gasteiger partial charge in [-0.25, -0.2) is 4.79 Å². The van der Waals surface area contributed by atoms with Crippen molar-refractivity contribution in [1.82, 2.24) is 0 Å². The first-order valence-electron chi connectivity index (χ1n) is 8.32. The molecule has 0 atom stereocenters. The molecule has 0 amide bonds. The number of hydrogen-bond acceptors (Lipinski definition) is 4. The molecular weight excluding hydrogens is 280 g/mol. The third-order valence-electron chi connectivity index (χ3n) is 4.09. The molecule has 0 bridgehead atoms. The Hall–Kier alpha value is -1.71. The average molecular weight is 306 g/mol. The zero-order valence-corrected chi connectivity index (χ0v) is 13.5. The van der Waals surface area contributed by atoms with Gasteiger partial charge < -0.3 is 14.2 Å². The zero-order valence-electron chi connectivity index (χ0n) is 13.5. The van der Waals surface area contributed by atoms with E-state index in [2.05, 4.69) is 6.92 Å². The van der Waals surface area contributed by atoms with Gasteiger partial charge in [0.2, 0.25) is 0 Å². The normalized spacial score (nSPS) is 21.2. The van der Waals surface area contributed by atoms with Crippen molar-refractivity contribution in [3.63, 3.8) is 0 Å². The van der Waals surface area contributed by atoms with Gasteiger partial charge in [-0.3, -0.25) is 0 Å². The number of carbonyl (C=O) groups is 1. The summed E-state index contributed by atoms with van der Waals surface area (Å²) in [6.45, 7) is 4.76. The van der Waals surface area contributed by atoms with Crippen molar-refractivity contribution in [3.05, 3.63) is 24.3 Å². The molecule has 4 heteroatoms. The van der Waals surface area contributed by atoms with Crippen LogP contribution in [0, 0.1) is 5.92 Å². The molecular formula is C18H26O4. The molecule has 0 N–H and O–H groups in total. The van der Waals surface area contributed by atoms with Crippen LogP contribution in [-0.4, -0.2) is 18.9 Å². The van der Waals surface area contributed by atoms with Crippen molar-refractivity contribution in [3.8, 4) is 11.5 Å². The van der Waals surface area contributed by atoms with Crippen LogP contribution < -0.4 is 9.47 Å². The van der Waals surface area contributed by atoms with E-state index in [-0.39, 0.29) is 6.10 Å². The fourth-order valence-electron chi connectivity index (χ4n) is 2.97. The molecule has 1 aromatic carbocycles. The molecule has 0 aromatic heterocycles. The molecule has 0 unspecified atom stereocenters. The summed E-state index contributed by atoms with van der Waals surface area (Å²) >= 11 is 0. The van der Waals surface area contributed by atoms with Crippen molar-refractivity contribution in [2.75, 3.05) is 6.61 Å². The van der Waals surface area contributed by atoms with Gasteiger partial charge in [0, 0.05) is 0 Å². The van der Waals surface area contributed by atoms with Gasteiger partial charge in [-0.15, -0.1) is 0 Å². The second-order valence-electron chi connectivity index (χ2n) is 5.81. The molecule has 0 radical (unpaired) electrons. The van der Waals surface area contributed by atoms with Crippen LogP contribution in [0.15, 0.2) is 24.3 Å². The summed E-state index contributed by atoms with van der Waals surface area (Å²) in [6.07, 6.45) is 6.10. The van der Waals surface area contributed by atoms with E-state index in [1.54, 1.807) is 24.3 Å². The highest BCUT2D eigenvalue weighted by Gasteiger charge is 2.24. The zero-order chi connectivity index (χ0) is 15.8. The maximum absolute atomic E-state index is 11.8. The minimum atomic E-state index is -0.608. The standard InChI is InChI=1S/C18H26O4/c1-3-5-14-6-8-16(9-7-14)21-18(19)22-17-12-10-15(11-13-17)20-4-2/h10-14,16H,3-9H2,1-2H3. The smallest absolute Gasteiger partial charge is 0.494 e. The van der Waals surface area contributed by atoms with E-state index < -0.39 is 6.16 Å². The van der Waals surface area contributed by atoms with E-state index in [0.29, 0.717) is 12.4 Å². The van der Waals surface area contributed by atoms with Crippen molar-refractivity contribution in [2.45, 2.75) is 58.5 Å². The highest BCUT2D eigenvalue weighted by Crippen LogP contribution is 2.29. The van der Waals surface area contributed by atoms with Crippen molar-refractivity contribution in [2.24, 2.45) is 5.92 Å². The predicted octanol–water partition coefficient (Wildman–Crippen LogP) is 4.96. The Balaban J connectivity index is 1.74. The van der Waals surface area contributed by atoms with Crippen LogP contribution in [0.25, 0.3) is 0 Å². The van der Waals surface area contributed by atoms with Crippen molar-refractivity contribution < 1.29 is 19.0 Å². The van der Waals surface area contributed by atoms with E-state index in [4.69, 9.17) is 14.2 Å². The summed E-state index contributed by atoms with van der Waals surface area (Å²) in [5, 5.41) is 0. The summed E-state index contributed by atoms with van der Waals surface area (Å²) in [6, 6.07) is 6.99. The molecule has 1 saturated carbocycles. The predicted molar refractivity (Wildman–Crippen MR) is 85.4 cm³/mol. The first kappa shape index (κ1) is 16.7. The lowest BCUT2D eigenvalue weighted by Gasteiger charge is -2.27. The average Bonchev–Trinajstić information content (AvgIpc) is 2.52. The fourth-order valence-corrected chi connectivity index (χ4v) is 2.97. The highest BCUT2D eigenvalue weighted by atomic mass is 16.7. The van der Waals surface area contributed by atoms with Crippen LogP contribution in [0.3, 0.4) is 0 Å². The number of hydrogen-bond donors (Lipinski definition) is 0. The molecule has 0 aliphatic heterocycles. The summed E-state index contributed by atoms with van der Waals surface area (Å²) in [7, 11) is 0. The quantitative estimate of drug-likeness (QED) is 0.550. The van der Waals surface area contributed by atoms with Crippen LogP contribution in [0.5, 0.6) is 11.5 Å². The van der Waals surface area contributed by atoms with Gasteiger partial charge in [0.15, 0.2) is 0 Å². The van der Waals surface area contributed by atoms with Crippen molar-refractivity contribution >= 4 is 6.16 Å². The molecule has 1 aliphatic rings. The first-order valence-corrected chi connectivity index (χ1v) is 8.32. The van der Waals surface area contributed by atoms with E-state index in [0.717, 1.165) is 37.4 Å². The van der Waals surface area contributed by atoms with Gasteiger partial charge in [0.1, 0.15) is 17.6 Å². The summed E-state index contributed by atoms with van der Waals surface area (Å²) in [5.41, 5.74) is 0. The molecule has 122 valence electrons. The Labute approximate surface area is 132 Å². The van der Waals surface area contributed by atoms with Gasteiger partial charge in [-0.05, 0) is 62.8 Å². The largest absolute Gasteiger partial charge is 0.514 e. The van der Waals surface area contributed by atoms with E-state index in [1.165, 1.54) is 12.8 Å². The van der Waals surface area contributed by atoms with Crippen LogP contribution in [0.2, 0.25) is 0 Å². The summed E-state index contributed by atoms with van der Waals surface area (Å²) < 4.78 is 16.0. The lowest BCUT2D eigenvalue weighted by atomic mass is 9.85. The molecule has 0 heterocycles. The van der Waals surface area contributed by atoms with Crippen LogP contribution in [0.1, 0.15) is 52.4 Å². The number of carbonyl (C=O) groups excluding carboxylic acids is 1. The molecule has 4 nitrogen and oxygen atoms in total. The third-order valence-corrected chi connectivity index (χ3v) is 4.09. The Morgan fingerprint density at radius 1 is 1.05 bits per heavy atom. The summed E-state index contributed by atoms with van der Waals surface area (Å²) in [4.78, 5) is 11.8. The second kappa shape index (κ2) is 8.66. The molecule has 0 saturated heterocycles. The molecule has 1 fully saturated rings. The Kier molecular flexibility index (Phi) is 6.56. The van der Waals surface area contributed by atoms with Crippen molar-refractivity contribution in [1.29, 1.82) is 0 Å². The SMILES string of the molecule is CCCC1CCC(OC(=O)Oc2ccc(OCC)cc2)CC1. The third kappa shape index (κ3) is 5.24. The number of ether oxygens (including phenoxy) is 3. The van der Waals surface area contributed by atoms with E-state index in [1.807, 2.05) is 6.92 Å². The monoisotopic (exact) mass is 306 g/mol. The fraction of sp³-hybridized carbons (Fsp3) is 0.611. The Bertz CT molecular complexity index is 447. The minimum absolute atomic E-state index is 0.00306. The Morgan fingerprint density at radius 3 is 2.27 bits per heavy atom. The lowest BCUT2D eigenvalue weighted by molar-refractivity contribution is 0.0330. The van der Waals surface area contributed by atoms with E-state index >= 15 is 0 Å². The molecule has 1 aliphatic carbocycles. The number of benzene rings is 1. The van der Waals surface area contributed by atoms with Gasteiger partial charge in [-0.1, -0.05) is 19.8 Å². The van der Waals surface area contributed by atoms with Crippen LogP contribution >= 0.6 is 0 Å². The van der Waals surface area contributed by atoms with Crippen LogP contribution in [-0.2, 0) is 4.74 Å². The van der Waals surface area contributed by atoms with Gasteiger partial charge in [0.05, 0.1) is 6.61 Å². The van der Waals surface area contributed by atoms with Gasteiger partial charge in [-0.2, -0.15) is 0 Å². The lowest BCUT2D eigenvalue weighted by Crippen LogP contribution is -2.26. The maximum Gasteiger partial charge on any atom is 0.514 e. The number of rotatable bonds is 6. The van der Waals surface area contributed by atoms with E-state index in [9.17, 15) is 4.79 Å². The Morgan fingerprint density at radius 2 is 1.68 bits per heavy atom. The maximum atomic E-state index is 11.8.